The number of benzene rings is 2. The Hall–Kier alpha value is -2.20. The highest BCUT2D eigenvalue weighted by Crippen LogP contribution is 2.28. The van der Waals surface area contributed by atoms with Gasteiger partial charge in [-0.3, -0.25) is 0 Å². The summed E-state index contributed by atoms with van der Waals surface area (Å²) in [7, 11) is 1.70. The zero-order valence-electron chi connectivity index (χ0n) is 14.5. The molecule has 0 spiro atoms. The summed E-state index contributed by atoms with van der Waals surface area (Å²) in [5.41, 5.74) is 3.77. The fourth-order valence-electron chi connectivity index (χ4n) is 3.00. The normalized spacial score (nSPS) is 14.2. The maximum Gasteiger partial charge on any atom is 0.142 e. The van der Waals surface area contributed by atoms with Crippen molar-refractivity contribution in [2.45, 2.75) is 25.8 Å². The molecule has 4 nitrogen and oxygen atoms in total. The number of rotatable bonds is 7. The van der Waals surface area contributed by atoms with Crippen LogP contribution in [-0.2, 0) is 12.8 Å². The van der Waals surface area contributed by atoms with Gasteiger partial charge in [-0.15, -0.1) is 0 Å². The molecule has 0 saturated carbocycles. The quantitative estimate of drug-likeness (QED) is 0.819. The molecule has 0 saturated heterocycles. The van der Waals surface area contributed by atoms with E-state index in [1.807, 2.05) is 12.1 Å². The summed E-state index contributed by atoms with van der Waals surface area (Å²) in [4.78, 5) is 0. The average molecular weight is 326 g/mol. The van der Waals surface area contributed by atoms with Crippen molar-refractivity contribution in [3.05, 3.63) is 53.6 Å². The Kier molecular flexibility index (Phi) is 5.59. The molecule has 128 valence electrons. The van der Waals surface area contributed by atoms with E-state index in [0.29, 0.717) is 6.04 Å². The smallest absolute Gasteiger partial charge is 0.142 e. The molecule has 0 radical (unpaired) electrons. The van der Waals surface area contributed by atoms with Gasteiger partial charge in [-0.25, -0.2) is 0 Å². The third-order valence-electron chi connectivity index (χ3n) is 4.33. The number of ether oxygens (including phenoxy) is 2. The van der Waals surface area contributed by atoms with Gasteiger partial charge in [-0.1, -0.05) is 18.2 Å². The first-order chi connectivity index (χ1) is 11.7. The Labute approximate surface area is 144 Å². The second-order valence-corrected chi connectivity index (χ2v) is 6.26. The zero-order chi connectivity index (χ0) is 16.8. The van der Waals surface area contributed by atoms with Crippen molar-refractivity contribution in [1.29, 1.82) is 0 Å². The van der Waals surface area contributed by atoms with Crippen LogP contribution in [0.25, 0.3) is 0 Å². The van der Waals surface area contributed by atoms with Crippen molar-refractivity contribution in [2.24, 2.45) is 0 Å². The third-order valence-corrected chi connectivity index (χ3v) is 4.33. The molecule has 1 unspecified atom stereocenters. The summed E-state index contributed by atoms with van der Waals surface area (Å²) in [5.74, 6) is 1.87. The van der Waals surface area contributed by atoms with E-state index in [1.165, 1.54) is 11.1 Å². The molecule has 2 N–H and O–H groups in total. The second kappa shape index (κ2) is 8.06. The number of hydrogen-bond donors (Lipinski definition) is 2. The molecule has 4 heteroatoms. The topological polar surface area (TPSA) is 42.5 Å². The molecule has 1 aliphatic heterocycles. The van der Waals surface area contributed by atoms with Crippen molar-refractivity contribution in [3.63, 3.8) is 0 Å². The van der Waals surface area contributed by atoms with E-state index in [-0.39, 0.29) is 0 Å². The minimum absolute atomic E-state index is 0.436. The number of nitrogens with one attached hydrogen (secondary N) is 2. The Balaban J connectivity index is 1.46. The van der Waals surface area contributed by atoms with Gasteiger partial charge in [0.1, 0.15) is 18.1 Å². The van der Waals surface area contributed by atoms with Gasteiger partial charge in [-0.05, 0) is 61.7 Å². The first kappa shape index (κ1) is 16.7. The summed E-state index contributed by atoms with van der Waals surface area (Å²) < 4.78 is 10.8. The lowest BCUT2D eigenvalue weighted by atomic mass is 10.0. The Morgan fingerprint density at radius 3 is 2.75 bits per heavy atom. The minimum atomic E-state index is 0.436. The number of anilines is 1. The number of hydrogen-bond acceptors (Lipinski definition) is 4. The molecular weight excluding hydrogens is 300 g/mol. The second-order valence-electron chi connectivity index (χ2n) is 6.26. The predicted molar refractivity (Wildman–Crippen MR) is 98.3 cm³/mol. The van der Waals surface area contributed by atoms with Crippen molar-refractivity contribution >= 4 is 5.69 Å². The van der Waals surface area contributed by atoms with Crippen LogP contribution in [0.2, 0.25) is 0 Å². The lowest BCUT2D eigenvalue weighted by Gasteiger charge is -2.21. The Morgan fingerprint density at radius 2 is 1.96 bits per heavy atom. The monoisotopic (exact) mass is 326 g/mol. The first-order valence-electron chi connectivity index (χ1n) is 8.60. The van der Waals surface area contributed by atoms with Gasteiger partial charge in [0.05, 0.1) is 12.8 Å². The Bertz CT molecular complexity index is 655. The predicted octanol–water partition coefficient (Wildman–Crippen LogP) is 3.26. The van der Waals surface area contributed by atoms with Crippen LogP contribution in [0.3, 0.4) is 0 Å². The highest BCUT2D eigenvalue weighted by molar-refractivity contribution is 5.59. The van der Waals surface area contributed by atoms with E-state index in [9.17, 15) is 0 Å². The fraction of sp³-hybridized carbons (Fsp3) is 0.400. The molecule has 0 amide bonds. The van der Waals surface area contributed by atoms with Crippen LogP contribution in [0, 0.1) is 0 Å². The van der Waals surface area contributed by atoms with E-state index in [1.54, 1.807) is 7.11 Å². The standard InChI is InChI=1S/C20H26N2O2/c1-15(21-10-9-16-3-6-18(23-2)7-4-16)13-17-5-8-20-19(14-17)22-11-12-24-20/h3-8,14-15,21-22H,9-13H2,1-2H3. The fourth-order valence-corrected chi connectivity index (χ4v) is 3.00. The van der Waals surface area contributed by atoms with Crippen molar-refractivity contribution < 1.29 is 9.47 Å². The summed E-state index contributed by atoms with van der Waals surface area (Å²) in [6.07, 6.45) is 2.03. The van der Waals surface area contributed by atoms with Crippen LogP contribution < -0.4 is 20.1 Å². The van der Waals surface area contributed by atoms with Gasteiger partial charge in [0.25, 0.3) is 0 Å². The average Bonchev–Trinajstić information content (AvgIpc) is 2.62. The summed E-state index contributed by atoms with van der Waals surface area (Å²) >= 11 is 0. The number of methoxy groups -OCH3 is 1. The first-order valence-corrected chi connectivity index (χ1v) is 8.60. The maximum absolute atomic E-state index is 5.63. The van der Waals surface area contributed by atoms with Gasteiger partial charge in [0, 0.05) is 12.6 Å². The zero-order valence-corrected chi connectivity index (χ0v) is 14.5. The van der Waals surface area contributed by atoms with Crippen molar-refractivity contribution in [1.82, 2.24) is 5.32 Å². The van der Waals surface area contributed by atoms with Crippen LogP contribution >= 0.6 is 0 Å². The maximum atomic E-state index is 5.63. The number of fused-ring (bicyclic) bond motifs is 1. The highest BCUT2D eigenvalue weighted by Gasteiger charge is 2.11. The van der Waals surface area contributed by atoms with Crippen LogP contribution in [0.4, 0.5) is 5.69 Å². The molecule has 0 aromatic heterocycles. The molecule has 1 aliphatic rings. The molecule has 0 bridgehead atoms. The molecular formula is C20H26N2O2. The van der Waals surface area contributed by atoms with Gasteiger partial charge < -0.3 is 20.1 Å². The SMILES string of the molecule is COc1ccc(CCNC(C)Cc2ccc3c(c2)NCCO3)cc1. The largest absolute Gasteiger partial charge is 0.497 e. The summed E-state index contributed by atoms with van der Waals surface area (Å²) in [6.45, 7) is 4.83. The molecule has 0 fully saturated rings. The molecule has 1 heterocycles. The highest BCUT2D eigenvalue weighted by atomic mass is 16.5. The van der Waals surface area contributed by atoms with E-state index in [0.717, 1.165) is 49.7 Å². The van der Waals surface area contributed by atoms with E-state index < -0.39 is 0 Å². The molecule has 2 aromatic carbocycles. The molecule has 2 aromatic rings. The van der Waals surface area contributed by atoms with Crippen LogP contribution in [-0.4, -0.2) is 32.8 Å². The van der Waals surface area contributed by atoms with E-state index >= 15 is 0 Å². The van der Waals surface area contributed by atoms with E-state index in [4.69, 9.17) is 9.47 Å². The Morgan fingerprint density at radius 1 is 1.17 bits per heavy atom. The van der Waals surface area contributed by atoms with Gasteiger partial charge in [0.15, 0.2) is 0 Å². The van der Waals surface area contributed by atoms with Crippen LogP contribution in [0.1, 0.15) is 18.1 Å². The van der Waals surface area contributed by atoms with Gasteiger partial charge >= 0.3 is 0 Å². The van der Waals surface area contributed by atoms with Gasteiger partial charge in [-0.2, -0.15) is 0 Å². The molecule has 3 rings (SSSR count). The molecule has 24 heavy (non-hydrogen) atoms. The lowest BCUT2D eigenvalue weighted by Crippen LogP contribution is -2.30. The lowest BCUT2D eigenvalue weighted by molar-refractivity contribution is 0.323. The van der Waals surface area contributed by atoms with Crippen LogP contribution in [0.5, 0.6) is 11.5 Å². The molecule has 1 atom stereocenters. The van der Waals surface area contributed by atoms with Crippen molar-refractivity contribution in [3.8, 4) is 11.5 Å². The van der Waals surface area contributed by atoms with Crippen molar-refractivity contribution in [2.75, 3.05) is 32.1 Å². The summed E-state index contributed by atoms with van der Waals surface area (Å²) in [6, 6.07) is 15.2. The van der Waals surface area contributed by atoms with Crippen LogP contribution in [0.15, 0.2) is 42.5 Å². The van der Waals surface area contributed by atoms with Gasteiger partial charge in [0.2, 0.25) is 0 Å². The summed E-state index contributed by atoms with van der Waals surface area (Å²) in [5, 5.41) is 7.00. The minimum Gasteiger partial charge on any atom is -0.497 e. The van der Waals surface area contributed by atoms with E-state index in [2.05, 4.69) is 47.9 Å². The molecule has 0 aliphatic carbocycles. The third kappa shape index (κ3) is 4.42.